The lowest BCUT2D eigenvalue weighted by Crippen LogP contribution is -2.35. The molecular weight excluding hydrogens is 608 g/mol. The Morgan fingerprint density at radius 2 is 1.72 bits per heavy atom. The molecule has 12 heteroatoms. The summed E-state index contributed by atoms with van der Waals surface area (Å²) in [5, 5.41) is 6.67. The van der Waals surface area contributed by atoms with Gasteiger partial charge < -0.3 is 24.7 Å². The van der Waals surface area contributed by atoms with Crippen LogP contribution >= 0.6 is 0 Å². The highest BCUT2D eigenvalue weighted by atomic mass is 32.2. The molecule has 0 spiro atoms. The van der Waals surface area contributed by atoms with E-state index in [-0.39, 0.29) is 41.7 Å². The van der Waals surface area contributed by atoms with Gasteiger partial charge in [-0.05, 0) is 78.2 Å². The van der Waals surface area contributed by atoms with E-state index >= 15 is 0 Å². The van der Waals surface area contributed by atoms with Crippen LogP contribution in [0.1, 0.15) is 54.8 Å². The third kappa shape index (κ3) is 6.52. The SMILES string of the molecule is CC(=O)C[C@H]1COC(=O)Nc2ccc(S(=O)(=O)C3CC3)c(c2)CN(C)C(=O)[C@H](Nc2ccc3cc[nH]c(=O)c3c2)c2ccc1cc2. The van der Waals surface area contributed by atoms with Crippen molar-refractivity contribution in [3.8, 4) is 0 Å². The number of carbonyl (C=O) groups is 3. The quantitative estimate of drug-likeness (QED) is 0.268. The van der Waals surface area contributed by atoms with Gasteiger partial charge in [0.2, 0.25) is 5.91 Å². The van der Waals surface area contributed by atoms with Crippen LogP contribution in [0.5, 0.6) is 0 Å². The molecule has 1 saturated carbocycles. The maximum Gasteiger partial charge on any atom is 0.411 e. The van der Waals surface area contributed by atoms with E-state index in [4.69, 9.17) is 4.74 Å². The first kappa shape index (κ1) is 31.0. The van der Waals surface area contributed by atoms with E-state index in [9.17, 15) is 27.6 Å². The van der Waals surface area contributed by atoms with Crippen LogP contribution in [0.2, 0.25) is 0 Å². The average Bonchev–Trinajstić information content (AvgIpc) is 3.88. The van der Waals surface area contributed by atoms with Crippen LogP contribution in [0.4, 0.5) is 16.2 Å². The number of rotatable bonds is 6. The number of pyridine rings is 1. The minimum Gasteiger partial charge on any atom is -0.449 e. The Morgan fingerprint density at radius 3 is 2.43 bits per heavy atom. The third-order valence-electron chi connectivity index (χ3n) is 8.38. The molecular formula is C34H34N4O7S. The zero-order chi connectivity index (χ0) is 32.6. The second kappa shape index (κ2) is 12.4. The van der Waals surface area contributed by atoms with Crippen molar-refractivity contribution >= 4 is 49.8 Å². The second-order valence-electron chi connectivity index (χ2n) is 11.9. The van der Waals surface area contributed by atoms with Gasteiger partial charge in [-0.1, -0.05) is 30.3 Å². The Morgan fingerprint density at radius 1 is 0.978 bits per heavy atom. The zero-order valence-corrected chi connectivity index (χ0v) is 26.2. The Bertz CT molecular complexity index is 2000. The molecule has 0 radical (unpaired) electrons. The number of aromatic amines is 1. The van der Waals surface area contributed by atoms with Crippen molar-refractivity contribution in [1.29, 1.82) is 0 Å². The molecule has 3 aliphatic rings. The fraction of sp³-hybridized carbons (Fsp3) is 0.294. The summed E-state index contributed by atoms with van der Waals surface area (Å²) in [5.41, 5.74) is 2.31. The number of aromatic nitrogens is 1. The number of anilines is 2. The molecule has 3 heterocycles. The van der Waals surface area contributed by atoms with Crippen molar-refractivity contribution in [3.05, 3.63) is 100.0 Å². The van der Waals surface area contributed by atoms with E-state index in [1.807, 2.05) is 0 Å². The van der Waals surface area contributed by atoms with E-state index in [0.29, 0.717) is 40.7 Å². The van der Waals surface area contributed by atoms with Gasteiger partial charge in [-0.25, -0.2) is 13.2 Å². The van der Waals surface area contributed by atoms with Gasteiger partial charge in [0.25, 0.3) is 5.56 Å². The minimum atomic E-state index is -3.64. The molecule has 46 heavy (non-hydrogen) atoms. The number of carbonyl (C=O) groups excluding carboxylic acids is 3. The van der Waals surface area contributed by atoms with Gasteiger partial charge in [0, 0.05) is 48.9 Å². The molecule has 1 aromatic heterocycles. The molecule has 4 bridgehead atoms. The maximum atomic E-state index is 14.2. The molecule has 7 rings (SSSR count). The fourth-order valence-electron chi connectivity index (χ4n) is 5.81. The summed E-state index contributed by atoms with van der Waals surface area (Å²) in [6.07, 6.45) is 2.10. The van der Waals surface area contributed by atoms with Crippen molar-refractivity contribution in [3.63, 3.8) is 0 Å². The summed E-state index contributed by atoms with van der Waals surface area (Å²) in [6.45, 7) is 1.34. The van der Waals surface area contributed by atoms with Crippen molar-refractivity contribution in [1.82, 2.24) is 9.88 Å². The molecule has 3 N–H and O–H groups in total. The summed E-state index contributed by atoms with van der Waals surface area (Å²) in [5.74, 6) is -0.856. The number of sulfone groups is 1. The monoisotopic (exact) mass is 642 g/mol. The summed E-state index contributed by atoms with van der Waals surface area (Å²) in [4.78, 5) is 55.8. The summed E-state index contributed by atoms with van der Waals surface area (Å²) >= 11 is 0. The molecule has 238 valence electrons. The fourth-order valence-corrected chi connectivity index (χ4v) is 7.67. The largest absolute Gasteiger partial charge is 0.449 e. The molecule has 3 aromatic carbocycles. The number of ether oxygens (including phenoxy) is 1. The molecule has 4 aromatic rings. The van der Waals surface area contributed by atoms with Gasteiger partial charge in [0.1, 0.15) is 18.4 Å². The van der Waals surface area contributed by atoms with Gasteiger partial charge in [0.05, 0.1) is 10.1 Å². The lowest BCUT2D eigenvalue weighted by molar-refractivity contribution is -0.131. The summed E-state index contributed by atoms with van der Waals surface area (Å²) < 4.78 is 32.3. The molecule has 11 nitrogen and oxygen atoms in total. The predicted molar refractivity (Wildman–Crippen MR) is 174 cm³/mol. The van der Waals surface area contributed by atoms with Gasteiger partial charge in [-0.2, -0.15) is 0 Å². The molecule has 1 fully saturated rings. The van der Waals surface area contributed by atoms with Crippen LogP contribution in [0, 0.1) is 0 Å². The number of H-pyrrole nitrogens is 1. The molecule has 1 aliphatic carbocycles. The number of hydrogen-bond donors (Lipinski definition) is 3. The van der Waals surface area contributed by atoms with Gasteiger partial charge in [-0.3, -0.25) is 14.9 Å². The van der Waals surface area contributed by atoms with E-state index in [2.05, 4.69) is 15.6 Å². The highest BCUT2D eigenvalue weighted by Crippen LogP contribution is 2.36. The molecule has 2 aliphatic heterocycles. The molecule has 0 saturated heterocycles. The Hall–Kier alpha value is -4.97. The van der Waals surface area contributed by atoms with Gasteiger partial charge in [0.15, 0.2) is 9.84 Å². The van der Waals surface area contributed by atoms with E-state index in [1.54, 1.807) is 67.8 Å². The van der Waals surface area contributed by atoms with Crippen molar-refractivity contribution in [2.24, 2.45) is 0 Å². The standard InChI is InChI=1S/C34H34N4O7S/c1-20(39)15-25-19-45-34(42)37-26-9-12-30(46(43,44)28-10-11-28)24(16-26)18-38(2)33(41)31(23-5-3-21(25)4-6-23)36-27-8-7-22-13-14-35-32(40)29(22)17-27/h3-9,12-14,16-17,25,28,31,36H,10-11,15,18-19H2,1-2H3,(H,35,40)(H,37,42)/t25-,31+/m0/s1. The van der Waals surface area contributed by atoms with E-state index < -0.39 is 33.1 Å². The van der Waals surface area contributed by atoms with Crippen LogP contribution in [0.15, 0.2) is 82.6 Å². The number of likely N-dealkylation sites (N-methyl/N-ethyl adjacent to an activating group) is 1. The highest BCUT2D eigenvalue weighted by molar-refractivity contribution is 7.92. The van der Waals surface area contributed by atoms with Gasteiger partial charge in [-0.15, -0.1) is 0 Å². The first-order valence-electron chi connectivity index (χ1n) is 15.0. The minimum absolute atomic E-state index is 0.0565. The normalized spacial score (nSPS) is 19.0. The maximum absolute atomic E-state index is 14.2. The number of hydrogen-bond acceptors (Lipinski definition) is 8. The van der Waals surface area contributed by atoms with Crippen molar-refractivity contribution < 1.29 is 27.5 Å². The van der Waals surface area contributed by atoms with E-state index in [0.717, 1.165) is 10.9 Å². The highest BCUT2D eigenvalue weighted by Gasteiger charge is 2.38. The topological polar surface area (TPSA) is 155 Å². The number of nitrogens with zero attached hydrogens (tertiary/aromatic N) is 1. The van der Waals surface area contributed by atoms with Crippen LogP contribution < -0.4 is 16.2 Å². The Labute approximate surface area is 265 Å². The van der Waals surface area contributed by atoms with Gasteiger partial charge >= 0.3 is 6.09 Å². The molecule has 2 atom stereocenters. The molecule has 2 amide bonds. The zero-order valence-electron chi connectivity index (χ0n) is 25.4. The lowest BCUT2D eigenvalue weighted by atomic mass is 9.92. The van der Waals surface area contributed by atoms with Crippen LogP contribution in [-0.2, 0) is 30.7 Å². The number of benzene rings is 3. The third-order valence-corrected chi connectivity index (χ3v) is 10.7. The Balaban J connectivity index is 1.43. The van der Waals surface area contributed by atoms with E-state index in [1.165, 1.54) is 24.0 Å². The number of amides is 2. The number of Topliss-reactive ketones (excluding diaryl/α,β-unsaturated/α-hetero) is 1. The summed E-state index contributed by atoms with van der Waals surface area (Å²) in [6, 6.07) is 17.8. The van der Waals surface area contributed by atoms with Crippen LogP contribution in [-0.4, -0.2) is 55.0 Å². The van der Waals surface area contributed by atoms with Crippen LogP contribution in [0.25, 0.3) is 10.8 Å². The van der Waals surface area contributed by atoms with Crippen molar-refractivity contribution in [2.75, 3.05) is 24.3 Å². The number of nitrogens with one attached hydrogen (secondary N) is 3. The number of ketones is 1. The van der Waals surface area contributed by atoms with Crippen LogP contribution in [0.3, 0.4) is 0 Å². The van der Waals surface area contributed by atoms with Crippen molar-refractivity contribution in [2.45, 2.75) is 54.8 Å². The molecule has 0 unspecified atom stereocenters. The average molecular weight is 643 g/mol. The first-order valence-corrected chi connectivity index (χ1v) is 16.6. The number of fused-ring (bicyclic) bond motifs is 10. The lowest BCUT2D eigenvalue weighted by Gasteiger charge is -2.27. The predicted octanol–water partition coefficient (Wildman–Crippen LogP) is 4.90. The summed E-state index contributed by atoms with van der Waals surface area (Å²) in [7, 11) is -2.05. The Kier molecular flexibility index (Phi) is 8.39. The second-order valence-corrected chi connectivity index (χ2v) is 14.1. The smallest absolute Gasteiger partial charge is 0.411 e. The first-order chi connectivity index (χ1) is 22.0.